The van der Waals surface area contributed by atoms with Crippen molar-refractivity contribution in [2.75, 3.05) is 18.2 Å². The Hall–Kier alpha value is -4.30. The molecule has 2 N–H and O–H groups in total. The van der Waals surface area contributed by atoms with E-state index >= 15 is 0 Å². The lowest BCUT2D eigenvalue weighted by molar-refractivity contribution is -0.113. The van der Waals surface area contributed by atoms with Crippen LogP contribution in [0.4, 0.5) is 5.69 Å². The molecule has 0 bridgehead atoms. The van der Waals surface area contributed by atoms with Crippen molar-refractivity contribution in [1.29, 1.82) is 0 Å². The highest BCUT2D eigenvalue weighted by Crippen LogP contribution is 2.29. The van der Waals surface area contributed by atoms with Gasteiger partial charge in [-0.3, -0.25) is 14.2 Å². The fourth-order valence-electron chi connectivity index (χ4n) is 4.25. The molecule has 186 valence electrons. The highest BCUT2D eigenvalue weighted by molar-refractivity contribution is 7.99. The summed E-state index contributed by atoms with van der Waals surface area (Å²) in [6.07, 6.45) is 1.80. The quantitative estimate of drug-likeness (QED) is 0.215. The summed E-state index contributed by atoms with van der Waals surface area (Å²) in [7, 11) is 1.59. The van der Waals surface area contributed by atoms with Crippen molar-refractivity contribution in [3.05, 3.63) is 100 Å². The molecule has 0 unspecified atom stereocenters. The molecule has 0 radical (unpaired) electrons. The maximum absolute atomic E-state index is 13.7. The Labute approximate surface area is 218 Å². The monoisotopic (exact) mass is 510 g/mol. The number of aryl methyl sites for hydroxylation is 2. The summed E-state index contributed by atoms with van der Waals surface area (Å²) in [5.41, 5.74) is 5.94. The highest BCUT2D eigenvalue weighted by Gasteiger charge is 2.19. The van der Waals surface area contributed by atoms with Gasteiger partial charge in [-0.2, -0.15) is 0 Å². The third-order valence-electron chi connectivity index (χ3n) is 6.16. The molecule has 37 heavy (non-hydrogen) atoms. The number of thioether (sulfide) groups is 1. The lowest BCUT2D eigenvalue weighted by atomic mass is 10.1. The predicted octanol–water partition coefficient (Wildman–Crippen LogP) is 5.74. The molecule has 0 saturated carbocycles. The van der Waals surface area contributed by atoms with Crippen LogP contribution in [-0.2, 0) is 4.79 Å². The highest BCUT2D eigenvalue weighted by atomic mass is 32.2. The Bertz CT molecular complexity index is 1620. The number of H-pyrrole nitrogens is 1. The molecule has 0 aliphatic rings. The molecule has 5 aromatic rings. The van der Waals surface area contributed by atoms with E-state index in [-0.39, 0.29) is 17.2 Å². The second kappa shape index (κ2) is 10.4. The number of ether oxygens (including phenoxy) is 1. The standard InChI is InChI=1S/C29H26N4O3S/c1-18-8-7-9-19(2)25(18)31-24(34)17-37-29-32-26-23(20-10-5-4-6-11-20)16-30-27(26)28(35)33(29)21-12-14-22(36-3)15-13-21/h4-16,30H,17H2,1-3H3,(H,31,34). The summed E-state index contributed by atoms with van der Waals surface area (Å²) >= 11 is 1.22. The summed E-state index contributed by atoms with van der Waals surface area (Å²) in [5, 5.41) is 3.44. The van der Waals surface area contributed by atoms with Gasteiger partial charge in [-0.05, 0) is 54.8 Å². The predicted molar refractivity (Wildman–Crippen MR) is 149 cm³/mol. The van der Waals surface area contributed by atoms with Crippen molar-refractivity contribution >= 4 is 34.4 Å². The first-order valence-corrected chi connectivity index (χ1v) is 12.8. The molecule has 7 nitrogen and oxygen atoms in total. The molecule has 1 amide bonds. The molecule has 0 saturated heterocycles. The minimum Gasteiger partial charge on any atom is -0.497 e. The van der Waals surface area contributed by atoms with Gasteiger partial charge in [0.05, 0.1) is 18.6 Å². The van der Waals surface area contributed by atoms with Crippen LogP contribution in [0.2, 0.25) is 0 Å². The van der Waals surface area contributed by atoms with Crippen LogP contribution in [0.5, 0.6) is 5.75 Å². The number of nitrogens with zero attached hydrogens (tertiary/aromatic N) is 2. The Morgan fingerprint density at radius 1 is 1.00 bits per heavy atom. The van der Waals surface area contributed by atoms with E-state index in [4.69, 9.17) is 9.72 Å². The van der Waals surface area contributed by atoms with Gasteiger partial charge in [-0.25, -0.2) is 4.98 Å². The number of aromatic nitrogens is 3. The van der Waals surface area contributed by atoms with E-state index in [2.05, 4.69) is 10.3 Å². The first-order chi connectivity index (χ1) is 18.0. The summed E-state index contributed by atoms with van der Waals surface area (Å²) in [4.78, 5) is 34.7. The normalized spacial score (nSPS) is 11.0. The molecule has 3 aromatic carbocycles. The summed E-state index contributed by atoms with van der Waals surface area (Å²) in [6.45, 7) is 3.92. The SMILES string of the molecule is COc1ccc(-n2c(SCC(=O)Nc3c(C)cccc3C)nc3c(-c4ccccc4)c[nH]c3c2=O)cc1. The van der Waals surface area contributed by atoms with E-state index in [1.807, 2.05) is 62.4 Å². The van der Waals surface area contributed by atoms with Gasteiger partial charge in [0, 0.05) is 17.4 Å². The lowest BCUT2D eigenvalue weighted by Crippen LogP contribution is -2.23. The number of hydrogen-bond acceptors (Lipinski definition) is 5. The van der Waals surface area contributed by atoms with E-state index in [1.165, 1.54) is 16.3 Å². The van der Waals surface area contributed by atoms with E-state index in [9.17, 15) is 9.59 Å². The molecule has 0 aliphatic carbocycles. The molecule has 0 spiro atoms. The maximum Gasteiger partial charge on any atom is 0.283 e. The van der Waals surface area contributed by atoms with Crippen molar-refractivity contribution in [1.82, 2.24) is 14.5 Å². The van der Waals surface area contributed by atoms with Crippen molar-refractivity contribution in [3.63, 3.8) is 0 Å². The second-order valence-electron chi connectivity index (χ2n) is 8.63. The molecule has 0 fully saturated rings. The number of amides is 1. The number of benzene rings is 3. The topological polar surface area (TPSA) is 89.0 Å². The van der Waals surface area contributed by atoms with E-state index in [0.29, 0.717) is 27.6 Å². The summed E-state index contributed by atoms with van der Waals surface area (Å²) in [5.74, 6) is 0.599. The number of carbonyl (C=O) groups excluding carboxylic acids is 1. The van der Waals surface area contributed by atoms with Gasteiger partial charge in [0.25, 0.3) is 5.56 Å². The van der Waals surface area contributed by atoms with Gasteiger partial charge in [0.15, 0.2) is 5.16 Å². The number of rotatable bonds is 7. The van der Waals surface area contributed by atoms with Crippen LogP contribution in [0.3, 0.4) is 0 Å². The maximum atomic E-state index is 13.7. The molecular formula is C29H26N4O3S. The zero-order valence-electron chi connectivity index (χ0n) is 20.7. The zero-order valence-corrected chi connectivity index (χ0v) is 21.6. The average molecular weight is 511 g/mol. The fourth-order valence-corrected chi connectivity index (χ4v) is 5.06. The second-order valence-corrected chi connectivity index (χ2v) is 9.57. The molecule has 2 aromatic heterocycles. The number of para-hydroxylation sites is 1. The van der Waals surface area contributed by atoms with Gasteiger partial charge < -0.3 is 15.0 Å². The lowest BCUT2D eigenvalue weighted by Gasteiger charge is -2.14. The van der Waals surface area contributed by atoms with Crippen LogP contribution in [0, 0.1) is 13.8 Å². The first-order valence-electron chi connectivity index (χ1n) is 11.8. The average Bonchev–Trinajstić information content (AvgIpc) is 3.35. The molecule has 2 heterocycles. The molecule has 8 heteroatoms. The van der Waals surface area contributed by atoms with Crippen LogP contribution < -0.4 is 15.6 Å². The van der Waals surface area contributed by atoms with Crippen LogP contribution >= 0.6 is 11.8 Å². The van der Waals surface area contributed by atoms with E-state index in [1.54, 1.807) is 37.6 Å². The van der Waals surface area contributed by atoms with Crippen LogP contribution in [0.15, 0.2) is 88.9 Å². The molecule has 5 rings (SSSR count). The summed E-state index contributed by atoms with van der Waals surface area (Å²) < 4.78 is 6.81. The van der Waals surface area contributed by atoms with Gasteiger partial charge >= 0.3 is 0 Å². The van der Waals surface area contributed by atoms with Crippen molar-refractivity contribution in [3.8, 4) is 22.6 Å². The van der Waals surface area contributed by atoms with Crippen LogP contribution in [0.25, 0.3) is 27.8 Å². The van der Waals surface area contributed by atoms with Crippen molar-refractivity contribution in [2.24, 2.45) is 0 Å². The number of methoxy groups -OCH3 is 1. The minimum absolute atomic E-state index is 0.0902. The fraction of sp³-hybridized carbons (Fsp3) is 0.138. The Balaban J connectivity index is 1.56. The Morgan fingerprint density at radius 2 is 1.70 bits per heavy atom. The molecule has 0 aliphatic heterocycles. The van der Waals surface area contributed by atoms with Crippen LogP contribution in [-0.4, -0.2) is 33.3 Å². The zero-order chi connectivity index (χ0) is 25.9. The number of nitrogens with one attached hydrogen (secondary N) is 2. The summed E-state index contributed by atoms with van der Waals surface area (Å²) in [6, 6.07) is 22.9. The minimum atomic E-state index is -0.241. The van der Waals surface area contributed by atoms with Crippen LogP contribution in [0.1, 0.15) is 11.1 Å². The van der Waals surface area contributed by atoms with E-state index in [0.717, 1.165) is 27.9 Å². The van der Waals surface area contributed by atoms with Crippen molar-refractivity contribution < 1.29 is 9.53 Å². The van der Waals surface area contributed by atoms with Gasteiger partial charge in [-0.1, -0.05) is 60.3 Å². The number of anilines is 1. The first kappa shape index (κ1) is 24.4. The van der Waals surface area contributed by atoms with Crippen molar-refractivity contribution in [2.45, 2.75) is 19.0 Å². The molecular weight excluding hydrogens is 484 g/mol. The van der Waals surface area contributed by atoms with Gasteiger partial charge in [-0.15, -0.1) is 0 Å². The number of hydrogen-bond donors (Lipinski definition) is 2. The van der Waals surface area contributed by atoms with Gasteiger partial charge in [0.2, 0.25) is 5.91 Å². The number of carbonyl (C=O) groups is 1. The Morgan fingerprint density at radius 3 is 2.38 bits per heavy atom. The smallest absolute Gasteiger partial charge is 0.283 e. The number of fused-ring (bicyclic) bond motifs is 1. The largest absolute Gasteiger partial charge is 0.497 e. The van der Waals surface area contributed by atoms with E-state index < -0.39 is 0 Å². The number of aromatic amines is 1. The Kier molecular flexibility index (Phi) is 6.83. The molecule has 0 atom stereocenters. The third kappa shape index (κ3) is 4.88. The van der Waals surface area contributed by atoms with Gasteiger partial charge in [0.1, 0.15) is 16.8 Å². The third-order valence-corrected chi connectivity index (χ3v) is 7.10.